The van der Waals surface area contributed by atoms with Crippen LogP contribution in [0, 0.1) is 0 Å². The van der Waals surface area contributed by atoms with Crippen molar-refractivity contribution in [1.82, 2.24) is 9.13 Å². The van der Waals surface area contributed by atoms with Crippen LogP contribution in [0.5, 0.6) is 0 Å². The van der Waals surface area contributed by atoms with E-state index in [4.69, 9.17) is 63.8 Å². The molecule has 0 aliphatic heterocycles. The maximum absolute atomic E-state index is 7.37. The normalized spacial score (nSPS) is 12.1. The molecule has 12 aromatic rings. The Morgan fingerprint density at radius 2 is 1.03 bits per heavy atom. The Bertz CT molecular complexity index is 4120. The standard InChI is InChI=1S/C55H29B7N2O2/c1-3-10-32-36-24-28(17-21-42(36)65-40(32)4-2)27-15-19-38-34(23-27)35-25-29(16-20-39(35)63(38)31-18-22-43-37(26-31)33-13-8-9-14-41(33)66-43)44-47(56)45-46-49(58)50(59)51(60)53(62)55(46)64(30-11-6-5-7-12-30)54(45)52(61)48(44)57/h3-26H,2H2,1H3/b10-3-. The van der Waals surface area contributed by atoms with Crippen molar-refractivity contribution in [2.45, 2.75) is 6.92 Å². The van der Waals surface area contributed by atoms with E-state index in [0.717, 1.165) is 94.1 Å². The van der Waals surface area contributed by atoms with Gasteiger partial charge in [0.25, 0.3) is 0 Å². The predicted octanol–water partition coefficient (Wildman–Crippen LogP) is 7.09. The Morgan fingerprint density at radius 3 is 1.76 bits per heavy atom. The van der Waals surface area contributed by atoms with Crippen LogP contribution in [0.3, 0.4) is 0 Å². The molecule has 8 aromatic carbocycles. The summed E-state index contributed by atoms with van der Waals surface area (Å²) in [6.07, 6.45) is 5.81. The lowest BCUT2D eigenvalue weighted by Gasteiger charge is -2.19. The molecule has 66 heavy (non-hydrogen) atoms. The highest BCUT2D eigenvalue weighted by molar-refractivity contribution is 6.69. The second-order valence-corrected chi connectivity index (χ2v) is 16.8. The molecule has 0 N–H and O–H groups in total. The molecule has 0 saturated carbocycles. The molecule has 0 fully saturated rings. The number of allylic oxidation sites excluding steroid dienone is 1. The first-order valence-corrected chi connectivity index (χ1v) is 21.5. The Labute approximate surface area is 389 Å². The molecule has 292 valence electrons. The SMILES string of the molecule is [B]c1c([B])c([B])c2c(c1[B])c1c([B])c(-c3ccc4c(c3)c3cc(-c5ccc6oc(C=C)c(/C=C\C)c6c5)ccc3n4-c3ccc4oc5ccccc5c4c3)c([B])c([B])c1n2-c1ccccc1. The molecule has 12 rings (SSSR count). The molecule has 11 heteroatoms. The first kappa shape index (κ1) is 40.2. The Morgan fingerprint density at radius 1 is 0.455 bits per heavy atom. The average Bonchev–Trinajstić information content (AvgIpc) is 4.10. The van der Waals surface area contributed by atoms with Crippen LogP contribution in [-0.4, -0.2) is 64.1 Å². The summed E-state index contributed by atoms with van der Waals surface area (Å²) in [5, 5.41) is 6.18. The van der Waals surface area contributed by atoms with Gasteiger partial charge in [0, 0.05) is 60.3 Å². The summed E-state index contributed by atoms with van der Waals surface area (Å²) in [5.41, 5.74) is 13.5. The minimum absolute atomic E-state index is 0.168. The van der Waals surface area contributed by atoms with Crippen LogP contribution in [0.25, 0.3) is 122 Å². The molecule has 0 amide bonds. The number of hydrogen-bond donors (Lipinski definition) is 0. The molecule has 4 aromatic heterocycles. The number of aromatic nitrogens is 2. The van der Waals surface area contributed by atoms with Gasteiger partial charge in [-0.25, -0.2) is 0 Å². The molecule has 14 radical (unpaired) electrons. The lowest BCUT2D eigenvalue weighted by molar-refractivity contribution is 0.603. The maximum atomic E-state index is 7.37. The zero-order chi connectivity index (χ0) is 45.3. The quantitative estimate of drug-likeness (QED) is 0.168. The maximum Gasteiger partial charge on any atom is 0.135 e. The largest absolute Gasteiger partial charge is 0.456 e. The van der Waals surface area contributed by atoms with Gasteiger partial charge >= 0.3 is 0 Å². The number of fused-ring (bicyclic) bond motifs is 10. The molecule has 4 nitrogen and oxygen atoms in total. The smallest absolute Gasteiger partial charge is 0.135 e. The highest BCUT2D eigenvalue weighted by Crippen LogP contribution is 2.40. The van der Waals surface area contributed by atoms with Crippen molar-refractivity contribution in [3.63, 3.8) is 0 Å². The summed E-state index contributed by atoms with van der Waals surface area (Å²) >= 11 is 0. The second-order valence-electron chi connectivity index (χ2n) is 16.8. The minimum atomic E-state index is 0.168. The molecule has 0 aliphatic rings. The van der Waals surface area contributed by atoms with E-state index in [9.17, 15) is 0 Å². The summed E-state index contributed by atoms with van der Waals surface area (Å²) in [7, 11) is 48.3. The number of nitrogens with zero attached hydrogens (tertiary/aromatic N) is 2. The second kappa shape index (κ2) is 14.8. The Hall–Kier alpha value is -7.37. The molecular formula is C55H29B7N2O2. The van der Waals surface area contributed by atoms with Gasteiger partial charge < -0.3 is 18.0 Å². The predicted molar refractivity (Wildman–Crippen MR) is 286 cm³/mol. The third kappa shape index (κ3) is 5.62. The Kier molecular flexibility index (Phi) is 9.03. The first-order valence-electron chi connectivity index (χ1n) is 21.5. The third-order valence-electron chi connectivity index (χ3n) is 13.2. The van der Waals surface area contributed by atoms with Gasteiger partial charge in [-0.05, 0) is 113 Å². The fraction of sp³-hybridized carbons (Fsp3) is 0.0182. The van der Waals surface area contributed by atoms with Crippen molar-refractivity contribution >= 4 is 182 Å². The van der Waals surface area contributed by atoms with Crippen LogP contribution in [0.2, 0.25) is 0 Å². The van der Waals surface area contributed by atoms with E-state index >= 15 is 0 Å². The van der Waals surface area contributed by atoms with Gasteiger partial charge in [-0.15, -0.1) is 10.9 Å². The van der Waals surface area contributed by atoms with Gasteiger partial charge in [0.05, 0.1) is 11.0 Å². The third-order valence-corrected chi connectivity index (χ3v) is 13.2. The molecule has 0 bridgehead atoms. The molecular weight excluding hydrogens is 796 g/mol. The highest BCUT2D eigenvalue weighted by Gasteiger charge is 2.25. The van der Waals surface area contributed by atoms with E-state index in [0.29, 0.717) is 43.8 Å². The highest BCUT2D eigenvalue weighted by atomic mass is 16.3. The van der Waals surface area contributed by atoms with E-state index in [2.05, 4.69) is 77.9 Å². The van der Waals surface area contributed by atoms with E-state index in [1.807, 2.05) is 84.3 Å². The zero-order valence-electron chi connectivity index (χ0n) is 35.8. The van der Waals surface area contributed by atoms with Crippen LogP contribution < -0.4 is 38.2 Å². The van der Waals surface area contributed by atoms with Crippen LogP contribution in [0.15, 0.2) is 149 Å². The van der Waals surface area contributed by atoms with Gasteiger partial charge in [0.1, 0.15) is 77.4 Å². The number of rotatable bonds is 6. The number of furan rings is 2. The number of hydrogen-bond acceptors (Lipinski definition) is 2. The van der Waals surface area contributed by atoms with Crippen LogP contribution in [-0.2, 0) is 0 Å². The van der Waals surface area contributed by atoms with E-state index < -0.39 is 0 Å². The fourth-order valence-electron chi connectivity index (χ4n) is 10.1. The number of benzene rings is 8. The average molecular weight is 826 g/mol. The minimum Gasteiger partial charge on any atom is -0.456 e. The van der Waals surface area contributed by atoms with Gasteiger partial charge in [-0.3, -0.25) is 0 Å². The van der Waals surface area contributed by atoms with Crippen molar-refractivity contribution < 1.29 is 8.83 Å². The van der Waals surface area contributed by atoms with Crippen LogP contribution >= 0.6 is 0 Å². The van der Waals surface area contributed by atoms with Gasteiger partial charge in [0.2, 0.25) is 0 Å². The lowest BCUT2D eigenvalue weighted by atomic mass is 9.64. The van der Waals surface area contributed by atoms with Crippen molar-refractivity contribution in [2.24, 2.45) is 0 Å². The zero-order valence-corrected chi connectivity index (χ0v) is 35.8. The van der Waals surface area contributed by atoms with Crippen molar-refractivity contribution in [3.05, 3.63) is 151 Å². The van der Waals surface area contributed by atoms with Gasteiger partial charge in [0.15, 0.2) is 0 Å². The van der Waals surface area contributed by atoms with Crippen molar-refractivity contribution in [1.29, 1.82) is 0 Å². The topological polar surface area (TPSA) is 36.1 Å². The first-order chi connectivity index (χ1) is 32.1. The summed E-state index contributed by atoms with van der Waals surface area (Å²) in [4.78, 5) is 0. The molecule has 0 saturated heterocycles. The Balaban J connectivity index is 1.14. The van der Waals surface area contributed by atoms with Crippen molar-refractivity contribution in [2.75, 3.05) is 0 Å². The van der Waals surface area contributed by atoms with Crippen LogP contribution in [0.1, 0.15) is 18.2 Å². The summed E-state index contributed by atoms with van der Waals surface area (Å²) in [5.74, 6) is 0.731. The molecule has 0 aliphatic carbocycles. The van der Waals surface area contributed by atoms with E-state index in [1.54, 1.807) is 6.08 Å². The van der Waals surface area contributed by atoms with Crippen LogP contribution in [0.4, 0.5) is 0 Å². The lowest BCUT2D eigenvalue weighted by Crippen LogP contribution is -2.48. The molecule has 4 heterocycles. The fourth-order valence-corrected chi connectivity index (χ4v) is 10.1. The summed E-state index contributed by atoms with van der Waals surface area (Å²) in [6, 6.07) is 43.2. The van der Waals surface area contributed by atoms with Gasteiger partial charge in [-0.2, -0.15) is 0 Å². The molecule has 0 spiro atoms. The molecule has 0 unspecified atom stereocenters. The monoisotopic (exact) mass is 826 g/mol. The van der Waals surface area contributed by atoms with E-state index in [-0.39, 0.29) is 21.9 Å². The van der Waals surface area contributed by atoms with Crippen molar-refractivity contribution in [3.8, 4) is 33.6 Å². The summed E-state index contributed by atoms with van der Waals surface area (Å²) in [6.45, 7) is 5.98. The summed E-state index contributed by atoms with van der Waals surface area (Å²) < 4.78 is 16.6. The molecule has 0 atom stereocenters. The number of para-hydroxylation sites is 2. The van der Waals surface area contributed by atoms with E-state index in [1.165, 1.54) is 0 Å². The van der Waals surface area contributed by atoms with Gasteiger partial charge in [-0.1, -0.05) is 101 Å².